The van der Waals surface area contributed by atoms with Crippen LogP contribution in [0.3, 0.4) is 0 Å². The molecule has 0 radical (unpaired) electrons. The molecule has 0 aliphatic heterocycles. The smallest absolute Gasteiger partial charge is 0.0698 e. The van der Waals surface area contributed by atoms with Crippen LogP contribution in [0.5, 0.6) is 0 Å². The van der Waals surface area contributed by atoms with E-state index >= 15 is 0 Å². The van der Waals surface area contributed by atoms with Crippen molar-refractivity contribution in [3.05, 3.63) is 0 Å². The quantitative estimate of drug-likeness (QED) is 0.390. The number of ether oxygens (including phenoxy) is 1. The lowest BCUT2D eigenvalue weighted by molar-refractivity contribution is 0.0650. The molecule has 3 nitrogen and oxygen atoms in total. The summed E-state index contributed by atoms with van der Waals surface area (Å²) < 4.78 is 4.63. The zero-order valence-electron chi connectivity index (χ0n) is 5.29. The van der Waals surface area contributed by atoms with Crippen molar-refractivity contribution in [3.8, 4) is 12.8 Å². The molecule has 0 amide bonds. The number of rotatable bonds is 4. The Labute approximate surface area is 55.3 Å². The van der Waals surface area contributed by atoms with Crippen molar-refractivity contribution in [3.63, 3.8) is 0 Å². The summed E-state index contributed by atoms with van der Waals surface area (Å²) in [5, 5.41) is 16.2. The van der Waals surface area contributed by atoms with Crippen molar-refractivity contribution in [2.45, 2.75) is 0 Å². The highest BCUT2D eigenvalue weighted by molar-refractivity contribution is 4.47. The van der Waals surface area contributed by atoms with E-state index in [9.17, 15) is 0 Å². The Morgan fingerprint density at radius 1 is 1.00 bits per heavy atom. The maximum atomic E-state index is 8.09. The third kappa shape index (κ3) is 18.6. The Balaban J connectivity index is 0. The summed E-state index contributed by atoms with van der Waals surface area (Å²) in [6.07, 6.45) is 8.00. The minimum absolute atomic E-state index is 0.0278. The molecule has 0 atom stereocenters. The van der Waals surface area contributed by atoms with E-state index in [2.05, 4.69) is 17.6 Å². The second-order valence-corrected chi connectivity index (χ2v) is 1.06. The average Bonchev–Trinajstić information content (AvgIpc) is 1.94. The Morgan fingerprint density at radius 3 is 1.56 bits per heavy atom. The Hall–Kier alpha value is -0.560. The first-order valence-corrected chi connectivity index (χ1v) is 2.54. The van der Waals surface area contributed by atoms with E-state index in [0.717, 1.165) is 0 Å². The second-order valence-electron chi connectivity index (χ2n) is 1.06. The molecule has 0 heterocycles. The van der Waals surface area contributed by atoms with E-state index in [1.807, 2.05) is 0 Å². The first-order valence-electron chi connectivity index (χ1n) is 2.54. The van der Waals surface area contributed by atoms with Crippen molar-refractivity contribution < 1.29 is 14.9 Å². The molecule has 0 spiro atoms. The van der Waals surface area contributed by atoms with Gasteiger partial charge in [0.15, 0.2) is 0 Å². The lowest BCUT2D eigenvalue weighted by Crippen LogP contribution is -2.03. The number of terminal acetylenes is 1. The molecule has 2 N–H and O–H groups in total. The highest BCUT2D eigenvalue weighted by Gasteiger charge is 1.79. The maximum absolute atomic E-state index is 8.09. The van der Waals surface area contributed by atoms with Crippen molar-refractivity contribution in [2.24, 2.45) is 0 Å². The summed E-state index contributed by atoms with van der Waals surface area (Å²) in [5.74, 6) is 0. The van der Waals surface area contributed by atoms with Crippen LogP contribution in [0.1, 0.15) is 0 Å². The van der Waals surface area contributed by atoms with Gasteiger partial charge in [-0.2, -0.15) is 0 Å². The number of aliphatic hydroxyl groups is 2. The minimum Gasteiger partial charge on any atom is -0.394 e. The molecular weight excluding hydrogens is 120 g/mol. The summed E-state index contributed by atoms with van der Waals surface area (Å²) in [4.78, 5) is 0. The molecular formula is C6H12O3. The van der Waals surface area contributed by atoms with Crippen molar-refractivity contribution in [1.82, 2.24) is 0 Å². The van der Waals surface area contributed by atoms with Gasteiger partial charge >= 0.3 is 0 Å². The summed E-state index contributed by atoms with van der Waals surface area (Å²) >= 11 is 0. The van der Waals surface area contributed by atoms with E-state index in [-0.39, 0.29) is 13.2 Å². The van der Waals surface area contributed by atoms with Crippen LogP contribution in [-0.4, -0.2) is 36.6 Å². The van der Waals surface area contributed by atoms with E-state index < -0.39 is 0 Å². The number of aliphatic hydroxyl groups excluding tert-OH is 2. The fourth-order valence-electron chi connectivity index (χ4n) is 0.231. The van der Waals surface area contributed by atoms with Gasteiger partial charge in [0.05, 0.1) is 26.4 Å². The number of hydrogen-bond donors (Lipinski definition) is 2. The van der Waals surface area contributed by atoms with Gasteiger partial charge in [-0.1, -0.05) is 0 Å². The van der Waals surface area contributed by atoms with Gasteiger partial charge in [0.1, 0.15) is 0 Å². The van der Waals surface area contributed by atoms with E-state index in [1.165, 1.54) is 0 Å². The highest BCUT2D eigenvalue weighted by Crippen LogP contribution is 1.68. The monoisotopic (exact) mass is 132 g/mol. The predicted molar refractivity (Wildman–Crippen MR) is 34.9 cm³/mol. The first-order chi connectivity index (χ1) is 4.41. The molecule has 0 aromatic rings. The molecule has 0 aliphatic rings. The summed E-state index contributed by atoms with van der Waals surface area (Å²) in [6.45, 7) is 0.696. The molecule has 54 valence electrons. The van der Waals surface area contributed by atoms with E-state index in [4.69, 9.17) is 10.2 Å². The molecule has 0 aliphatic carbocycles. The molecule has 9 heavy (non-hydrogen) atoms. The molecule has 0 aromatic carbocycles. The van der Waals surface area contributed by atoms with Gasteiger partial charge in [0.25, 0.3) is 0 Å². The largest absolute Gasteiger partial charge is 0.394 e. The molecule has 0 saturated carbocycles. The fourth-order valence-corrected chi connectivity index (χ4v) is 0.231. The third-order valence-electron chi connectivity index (χ3n) is 0.471. The second kappa shape index (κ2) is 15.7. The normalized spacial score (nSPS) is 7.56. The average molecular weight is 132 g/mol. The van der Waals surface area contributed by atoms with Crippen molar-refractivity contribution in [1.29, 1.82) is 0 Å². The first kappa shape index (κ1) is 11.3. The van der Waals surface area contributed by atoms with Crippen LogP contribution in [-0.2, 0) is 4.74 Å². The van der Waals surface area contributed by atoms with Gasteiger partial charge in [-0.3, -0.25) is 0 Å². The molecule has 0 fully saturated rings. The molecule has 0 aromatic heterocycles. The molecule has 0 bridgehead atoms. The van der Waals surface area contributed by atoms with Gasteiger partial charge in [0, 0.05) is 0 Å². The molecule has 3 heteroatoms. The van der Waals surface area contributed by atoms with Gasteiger partial charge in [-0.05, 0) is 0 Å². The predicted octanol–water partition coefficient (Wildman–Crippen LogP) is -0.763. The summed E-state index contributed by atoms with van der Waals surface area (Å²) in [7, 11) is 0. The van der Waals surface area contributed by atoms with Crippen LogP contribution >= 0.6 is 0 Å². The van der Waals surface area contributed by atoms with Crippen molar-refractivity contribution >= 4 is 0 Å². The van der Waals surface area contributed by atoms with Crippen LogP contribution in [0.4, 0.5) is 0 Å². The number of hydrogen-bond acceptors (Lipinski definition) is 3. The molecule has 0 saturated heterocycles. The lowest BCUT2D eigenvalue weighted by atomic mass is 10.7. The molecule has 0 unspecified atom stereocenters. The lowest BCUT2D eigenvalue weighted by Gasteiger charge is -1.94. The zero-order valence-corrected chi connectivity index (χ0v) is 5.29. The Bertz CT molecular complexity index is 47.5. The highest BCUT2D eigenvalue weighted by atomic mass is 16.5. The summed E-state index contributed by atoms with van der Waals surface area (Å²) in [5.41, 5.74) is 0. The van der Waals surface area contributed by atoms with E-state index in [0.29, 0.717) is 13.2 Å². The standard InChI is InChI=1S/C4H10O3.C2H2/c5-1-3-7-4-2-6;1-2/h5-6H,1-4H2;1-2H. The van der Waals surface area contributed by atoms with Gasteiger partial charge in [-0.15, -0.1) is 12.8 Å². The Morgan fingerprint density at radius 2 is 1.33 bits per heavy atom. The van der Waals surface area contributed by atoms with Crippen LogP contribution in [0.2, 0.25) is 0 Å². The van der Waals surface area contributed by atoms with Gasteiger partial charge in [-0.25, -0.2) is 0 Å². The third-order valence-corrected chi connectivity index (χ3v) is 0.471. The fraction of sp³-hybridized carbons (Fsp3) is 0.667. The maximum Gasteiger partial charge on any atom is 0.0698 e. The van der Waals surface area contributed by atoms with Gasteiger partial charge < -0.3 is 14.9 Å². The molecule has 0 rings (SSSR count). The van der Waals surface area contributed by atoms with Crippen LogP contribution in [0.15, 0.2) is 0 Å². The van der Waals surface area contributed by atoms with Gasteiger partial charge in [0.2, 0.25) is 0 Å². The minimum atomic E-state index is 0.0278. The topological polar surface area (TPSA) is 49.7 Å². The zero-order chi connectivity index (χ0) is 7.54. The van der Waals surface area contributed by atoms with Crippen LogP contribution < -0.4 is 0 Å². The van der Waals surface area contributed by atoms with Crippen LogP contribution in [0, 0.1) is 12.8 Å². The van der Waals surface area contributed by atoms with E-state index in [1.54, 1.807) is 0 Å². The SMILES string of the molecule is C#C.OCCOCCO. The summed E-state index contributed by atoms with van der Waals surface area (Å²) in [6, 6.07) is 0. The van der Waals surface area contributed by atoms with Crippen LogP contribution in [0.25, 0.3) is 0 Å². The van der Waals surface area contributed by atoms with Crippen molar-refractivity contribution in [2.75, 3.05) is 26.4 Å². The Kier molecular flexibility index (Phi) is 19.6.